The van der Waals surface area contributed by atoms with Crippen LogP contribution in [0.2, 0.25) is 40.2 Å². The third-order valence-corrected chi connectivity index (χ3v) is 17.5. The zero-order valence-corrected chi connectivity index (χ0v) is 59.4. The quantitative estimate of drug-likeness (QED) is 0.122. The van der Waals surface area contributed by atoms with Gasteiger partial charge in [-0.1, -0.05) is 117 Å². The maximum Gasteiger partial charge on any atom is 0.410 e. The fraction of sp³-hybridized carbons (Fsp3) is 0.292. The van der Waals surface area contributed by atoms with Crippen molar-refractivity contribution in [2.24, 2.45) is 0 Å². The standard InChI is InChI=1S/C20H22Cl2N4O3.C19H20Cl2N4O3.C15H14Cl2N4O.C11H6Cl2N2O2.ClH/c1-20(2,3)29-19(28)26-8-6-25(7-9-26)18(27)17-11-16(23-12-24-17)13-4-5-14(21)15(22)10-13;1-19(2,28)18(27)25-7-5-24(6-8-25)17(26)16-10-15(22-11-23-16)12-3-4-13(20)14(21)9-12;16-11-2-1-10(7-12(11)17)13-8-14(20-9-19-13)15(22)21-5-3-18-4-6-21;12-7-2-1-6(3-8(7)13)9-4-10(11(16)17)15-5-14-9;/h4-5,10-12H,6-9H2,1-3H3;3-4,9-11,28H,5-8H2,1-2H3;1-2,7-9,18H,3-6H2;1-5H,(H,16,17);1H. The number of nitrogens with two attached hydrogens (primary N) is 1. The van der Waals surface area contributed by atoms with Gasteiger partial charge in [-0.15, -0.1) is 0 Å². The maximum atomic E-state index is 12.9. The molecule has 0 atom stereocenters. The summed E-state index contributed by atoms with van der Waals surface area (Å²) >= 11 is 47.7. The van der Waals surface area contributed by atoms with Gasteiger partial charge in [0.15, 0.2) is 5.69 Å². The SMILES string of the molecule is CC(C)(C)OC(=O)N1CCN(C(=O)c2cc(-c3ccc(Cl)c(Cl)c3)ncn2)CC1.CC(C)(O)C(=O)N1CCN(C(=O)c2cc(-c3ccc(Cl)c(Cl)c3)ncn2)CC1.O=C(O)c1cc(-c2ccc(Cl)c(Cl)c2)ncn1.O=C(c1cc(-c2ccc(Cl)c(Cl)c2)ncn1)N1CC[NH2+]CC1.[Cl-]. The van der Waals surface area contributed by atoms with Crippen LogP contribution in [0.5, 0.6) is 0 Å². The number of quaternary nitrogens is 1. The van der Waals surface area contributed by atoms with E-state index in [-0.39, 0.29) is 59.2 Å². The Morgan fingerprint density at radius 1 is 0.392 bits per heavy atom. The van der Waals surface area contributed by atoms with E-state index in [0.29, 0.717) is 127 Å². The molecule has 0 bridgehead atoms. The Kier molecular flexibility index (Phi) is 27.5. The van der Waals surface area contributed by atoms with Gasteiger partial charge in [-0.25, -0.2) is 49.5 Å². The maximum absolute atomic E-state index is 12.9. The fourth-order valence-corrected chi connectivity index (χ4v) is 10.7. The molecule has 7 heterocycles. The highest BCUT2D eigenvalue weighted by atomic mass is 35.5. The Morgan fingerprint density at radius 3 is 0.959 bits per heavy atom. The lowest BCUT2D eigenvalue weighted by atomic mass is 10.1. The molecule has 0 unspecified atom stereocenters. The van der Waals surface area contributed by atoms with Crippen molar-refractivity contribution >= 4 is 128 Å². The zero-order valence-electron chi connectivity index (χ0n) is 52.6. The molecule has 11 rings (SSSR count). The molecule has 8 aromatic rings. The van der Waals surface area contributed by atoms with Gasteiger partial charge in [0.2, 0.25) is 0 Å². The fourth-order valence-electron chi connectivity index (χ4n) is 9.51. The summed E-state index contributed by atoms with van der Waals surface area (Å²) in [6, 6.07) is 26.8. The van der Waals surface area contributed by atoms with Crippen molar-refractivity contribution in [3.8, 4) is 45.0 Å². The molecule has 3 aliphatic heterocycles. The van der Waals surface area contributed by atoms with Crippen molar-refractivity contribution in [1.29, 1.82) is 0 Å². The minimum atomic E-state index is -1.42. The van der Waals surface area contributed by atoms with E-state index in [2.05, 4.69) is 45.2 Å². The average Bonchev–Trinajstić information content (AvgIpc) is 0.892. The average molecular weight is 1500 g/mol. The van der Waals surface area contributed by atoms with Crippen LogP contribution in [0.25, 0.3) is 45.0 Å². The first-order valence-corrected chi connectivity index (χ1v) is 32.6. The number of ether oxygens (including phenoxy) is 1. The van der Waals surface area contributed by atoms with Crippen molar-refractivity contribution in [3.63, 3.8) is 0 Å². The molecule has 23 nitrogen and oxygen atoms in total. The number of piperazine rings is 3. The van der Waals surface area contributed by atoms with Crippen molar-refractivity contribution < 1.29 is 61.4 Å². The molecular formula is C65H63Cl9N14O9. The minimum Gasteiger partial charge on any atom is -1.00 e. The van der Waals surface area contributed by atoms with E-state index < -0.39 is 17.2 Å². The number of carboxylic acids is 1. The molecular weight excluding hydrogens is 1440 g/mol. The van der Waals surface area contributed by atoms with E-state index in [0.717, 1.165) is 42.9 Å². The second-order valence-electron chi connectivity index (χ2n) is 23.0. The molecule has 3 saturated heterocycles. The van der Waals surface area contributed by atoms with Gasteiger partial charge in [0, 0.05) is 74.6 Å². The minimum absolute atomic E-state index is 0. The molecule has 0 radical (unpaired) electrons. The lowest BCUT2D eigenvalue weighted by molar-refractivity contribution is -0.661. The Morgan fingerprint density at radius 2 is 0.670 bits per heavy atom. The number of hydrogen-bond acceptors (Lipinski definition) is 16. The topological polar surface area (TPSA) is 288 Å². The summed E-state index contributed by atoms with van der Waals surface area (Å²) < 4.78 is 5.38. The van der Waals surface area contributed by atoms with E-state index in [4.69, 9.17) is 103 Å². The van der Waals surface area contributed by atoms with Crippen LogP contribution in [-0.4, -0.2) is 200 Å². The van der Waals surface area contributed by atoms with Crippen LogP contribution in [0.3, 0.4) is 0 Å². The number of benzene rings is 4. The van der Waals surface area contributed by atoms with Gasteiger partial charge in [0.25, 0.3) is 23.6 Å². The predicted octanol–water partition coefficient (Wildman–Crippen LogP) is 8.27. The third kappa shape index (κ3) is 21.4. The molecule has 4 aromatic heterocycles. The van der Waals surface area contributed by atoms with E-state index >= 15 is 0 Å². The van der Waals surface area contributed by atoms with E-state index in [1.54, 1.807) is 105 Å². The number of aromatic nitrogens is 8. The third-order valence-electron chi connectivity index (χ3n) is 14.5. The van der Waals surface area contributed by atoms with Gasteiger partial charge in [-0.2, -0.15) is 0 Å². The highest BCUT2D eigenvalue weighted by molar-refractivity contribution is 6.43. The molecule has 4 N–H and O–H groups in total. The Bertz CT molecular complexity index is 4170. The molecule has 4 aromatic carbocycles. The number of rotatable bonds is 9. The van der Waals surface area contributed by atoms with Crippen molar-refractivity contribution in [2.75, 3.05) is 78.5 Å². The summed E-state index contributed by atoms with van der Waals surface area (Å²) in [5.41, 5.74) is 4.14. The molecule has 3 fully saturated rings. The van der Waals surface area contributed by atoms with Crippen LogP contribution in [0, 0.1) is 0 Å². The summed E-state index contributed by atoms with van der Waals surface area (Å²) in [5.74, 6) is -1.95. The Hall–Kier alpha value is -7.65. The zero-order chi connectivity index (χ0) is 69.6. The molecule has 0 saturated carbocycles. The highest BCUT2D eigenvalue weighted by Gasteiger charge is 2.34. The normalized spacial score (nSPS) is 13.9. The smallest absolute Gasteiger partial charge is 0.410 e. The van der Waals surface area contributed by atoms with Gasteiger partial charge < -0.3 is 57.2 Å². The predicted molar refractivity (Wildman–Crippen MR) is 367 cm³/mol. The number of aromatic carboxylic acids is 1. The summed E-state index contributed by atoms with van der Waals surface area (Å²) in [4.78, 5) is 114. The van der Waals surface area contributed by atoms with Crippen LogP contribution in [0.4, 0.5) is 4.79 Å². The second kappa shape index (κ2) is 34.7. The number of carboxylic acid groups (broad SMARTS) is 1. The summed E-state index contributed by atoms with van der Waals surface area (Å²) in [5, 5.41) is 24.3. The number of hydrogen-bond donors (Lipinski definition) is 3. The van der Waals surface area contributed by atoms with E-state index in [9.17, 15) is 33.9 Å². The molecule has 0 aliphatic carbocycles. The molecule has 32 heteroatoms. The van der Waals surface area contributed by atoms with Crippen molar-refractivity contribution in [3.05, 3.63) is 185 Å². The second-order valence-corrected chi connectivity index (χ2v) is 26.3. The van der Waals surface area contributed by atoms with Gasteiger partial charge in [0.05, 0.1) is 89.1 Å². The summed E-state index contributed by atoms with van der Waals surface area (Å²) in [6.45, 7) is 14.8. The number of carbonyl (C=O) groups excluding carboxylic acids is 5. The van der Waals surface area contributed by atoms with Crippen molar-refractivity contribution in [1.82, 2.24) is 64.4 Å². The number of carbonyl (C=O) groups is 6. The van der Waals surface area contributed by atoms with Crippen LogP contribution in [0.15, 0.2) is 122 Å². The lowest BCUT2D eigenvalue weighted by Gasteiger charge is -2.37. The van der Waals surface area contributed by atoms with Gasteiger partial charge >= 0.3 is 12.1 Å². The van der Waals surface area contributed by atoms with Crippen LogP contribution >= 0.6 is 92.8 Å². The first-order chi connectivity index (χ1) is 45.5. The molecule has 97 heavy (non-hydrogen) atoms. The first kappa shape index (κ1) is 76.7. The largest absolute Gasteiger partial charge is 1.00 e. The van der Waals surface area contributed by atoms with Gasteiger partial charge in [-0.05, 0) is 107 Å². The molecule has 5 amide bonds. The number of halogens is 9. The van der Waals surface area contributed by atoms with Crippen molar-refractivity contribution in [2.45, 2.75) is 45.8 Å². The van der Waals surface area contributed by atoms with Gasteiger partial charge in [0.1, 0.15) is 53.6 Å². The highest BCUT2D eigenvalue weighted by Crippen LogP contribution is 2.32. The molecule has 510 valence electrons. The number of nitrogens with zero attached hydrogens (tertiary/aromatic N) is 13. The first-order valence-electron chi connectivity index (χ1n) is 29.6. The Balaban J connectivity index is 0.000000185. The Labute approximate surface area is 604 Å². The molecule has 0 spiro atoms. The van der Waals surface area contributed by atoms with E-state index in [1.807, 2.05) is 31.7 Å². The van der Waals surface area contributed by atoms with Gasteiger partial charge in [-0.3, -0.25) is 19.2 Å². The van der Waals surface area contributed by atoms with Crippen LogP contribution in [-0.2, 0) is 9.53 Å². The van der Waals surface area contributed by atoms with Crippen LogP contribution in [0.1, 0.15) is 76.6 Å². The molecule has 3 aliphatic rings. The number of amides is 5. The number of aliphatic hydroxyl groups is 1. The lowest BCUT2D eigenvalue weighted by Crippen LogP contribution is -3.00. The monoisotopic (exact) mass is 1500 g/mol. The summed E-state index contributed by atoms with van der Waals surface area (Å²) in [6.07, 6.45) is 4.91. The van der Waals surface area contributed by atoms with Crippen LogP contribution < -0.4 is 17.7 Å². The summed E-state index contributed by atoms with van der Waals surface area (Å²) in [7, 11) is 0. The van der Waals surface area contributed by atoms with E-state index in [1.165, 1.54) is 45.2 Å².